The van der Waals surface area contributed by atoms with Crippen molar-refractivity contribution < 1.29 is 37.4 Å². The first-order chi connectivity index (χ1) is 21.1. The van der Waals surface area contributed by atoms with E-state index in [0.717, 1.165) is 23.8 Å². The van der Waals surface area contributed by atoms with Gasteiger partial charge in [-0.2, -0.15) is 13.2 Å². The number of likely N-dealkylation sites (N-methyl/N-ethyl adjacent to an activating group) is 2. The third-order valence-corrected chi connectivity index (χ3v) is 7.76. The number of ether oxygens (including phenoxy) is 1. The van der Waals surface area contributed by atoms with Gasteiger partial charge in [-0.15, -0.1) is 0 Å². The summed E-state index contributed by atoms with van der Waals surface area (Å²) in [4.78, 5) is 43.8. The molecule has 1 atom stereocenters. The second-order valence-corrected chi connectivity index (χ2v) is 11.1. The van der Waals surface area contributed by atoms with Gasteiger partial charge in [0.25, 0.3) is 11.8 Å². The van der Waals surface area contributed by atoms with Crippen LogP contribution in [0.25, 0.3) is 0 Å². The lowest BCUT2D eigenvalue weighted by molar-refractivity contribution is -0.141. The molecule has 1 aromatic rings. The summed E-state index contributed by atoms with van der Waals surface area (Å²) in [7, 11) is 3.22. The highest BCUT2D eigenvalue weighted by Gasteiger charge is 2.33. The van der Waals surface area contributed by atoms with E-state index >= 15 is 0 Å². The molecule has 0 aliphatic carbocycles. The first-order valence-electron chi connectivity index (χ1n) is 14.5. The molecule has 0 aromatic heterocycles. The van der Waals surface area contributed by atoms with Crippen molar-refractivity contribution in [2.24, 2.45) is 0 Å². The summed E-state index contributed by atoms with van der Waals surface area (Å²) >= 11 is 5.99. The number of benzene rings is 1. The molecule has 0 saturated carbocycles. The molecule has 2 aliphatic rings. The highest BCUT2D eigenvalue weighted by atomic mass is 35.5. The summed E-state index contributed by atoms with van der Waals surface area (Å²) in [6, 6.07) is 2.58. The Hall–Kier alpha value is -3.75. The van der Waals surface area contributed by atoms with Gasteiger partial charge in [0, 0.05) is 40.3 Å². The Labute approximate surface area is 265 Å². The zero-order valence-corrected chi connectivity index (χ0v) is 26.6. The molecule has 0 spiro atoms. The van der Waals surface area contributed by atoms with Crippen molar-refractivity contribution in [2.45, 2.75) is 39.0 Å². The molecule has 1 unspecified atom stereocenters. The van der Waals surface area contributed by atoms with Gasteiger partial charge in [0.15, 0.2) is 0 Å². The molecule has 45 heavy (non-hydrogen) atoms. The van der Waals surface area contributed by atoms with E-state index in [1.54, 1.807) is 12.1 Å². The van der Waals surface area contributed by atoms with E-state index in [1.165, 1.54) is 23.8 Å². The van der Waals surface area contributed by atoms with E-state index < -0.39 is 42.1 Å². The van der Waals surface area contributed by atoms with Gasteiger partial charge in [-0.05, 0) is 43.5 Å². The lowest BCUT2D eigenvalue weighted by Crippen LogP contribution is -2.53. The molecule has 3 N–H and O–H groups in total. The lowest BCUT2D eigenvalue weighted by Gasteiger charge is -2.39. The number of amides is 3. The third kappa shape index (κ3) is 9.38. The summed E-state index contributed by atoms with van der Waals surface area (Å²) in [6.45, 7) is 9.19. The number of allylic oxidation sites excluding steroid dienone is 2. The molecule has 1 fully saturated rings. The van der Waals surface area contributed by atoms with E-state index in [9.17, 15) is 32.7 Å². The molecule has 15 heteroatoms. The quantitative estimate of drug-likeness (QED) is 0.246. The number of hydrogen-bond donors (Lipinski definition) is 3. The van der Waals surface area contributed by atoms with E-state index in [4.69, 9.17) is 16.3 Å². The van der Waals surface area contributed by atoms with Crippen LogP contribution in [0.1, 0.15) is 32.3 Å². The van der Waals surface area contributed by atoms with Gasteiger partial charge < -0.3 is 35.3 Å². The number of hydrazine groups is 1. The Bertz CT molecular complexity index is 1340. The second-order valence-electron chi connectivity index (χ2n) is 10.7. The monoisotopic (exact) mass is 656 g/mol. The average Bonchev–Trinajstić information content (AvgIpc) is 3.00. The van der Waals surface area contributed by atoms with Crippen LogP contribution in [0.3, 0.4) is 0 Å². The Morgan fingerprint density at radius 1 is 1.16 bits per heavy atom. The maximum absolute atomic E-state index is 14.0. The number of anilines is 1. The number of carbonyl (C=O) groups excluding carboxylic acids is 3. The van der Waals surface area contributed by atoms with Crippen LogP contribution in [0, 0.1) is 0 Å². The molecule has 1 aromatic carbocycles. The minimum Gasteiger partial charge on any atom is -0.384 e. The Balaban J connectivity index is 1.83. The maximum atomic E-state index is 14.0. The van der Waals surface area contributed by atoms with Crippen LogP contribution in [0.5, 0.6) is 0 Å². The first-order valence-corrected chi connectivity index (χ1v) is 14.8. The van der Waals surface area contributed by atoms with E-state index in [2.05, 4.69) is 17.3 Å². The van der Waals surface area contributed by atoms with Crippen molar-refractivity contribution in [1.29, 1.82) is 0 Å². The fourth-order valence-electron chi connectivity index (χ4n) is 4.89. The number of aliphatic hydroxyl groups excluding tert-OH is 1. The zero-order chi connectivity index (χ0) is 33.5. The molecule has 1 saturated heterocycles. The second kappa shape index (κ2) is 15.5. The summed E-state index contributed by atoms with van der Waals surface area (Å²) in [5.74, 6) is -1.56. The van der Waals surface area contributed by atoms with Crippen molar-refractivity contribution in [3.05, 3.63) is 64.1 Å². The SMILES string of the molecule is C=C(C1=CCOCC1)N(C)N/C(CC)=C(\C(=O)N(C)CC(=O)Nc1ccc(C(F)(F)F)cc1Cl)N1CCN(C(=O)C(C)O)CC1. The molecule has 2 aliphatic heterocycles. The fraction of sp³-hybridized carbons (Fsp3) is 0.500. The minimum absolute atomic E-state index is 0.0244. The molecule has 0 radical (unpaired) electrons. The average molecular weight is 657 g/mol. The normalized spacial score (nSPS) is 16.7. The van der Waals surface area contributed by atoms with Crippen molar-refractivity contribution >= 4 is 35.0 Å². The fourth-order valence-corrected chi connectivity index (χ4v) is 5.12. The smallest absolute Gasteiger partial charge is 0.384 e. The number of rotatable bonds is 11. The van der Waals surface area contributed by atoms with Gasteiger partial charge in [0.1, 0.15) is 11.8 Å². The van der Waals surface area contributed by atoms with E-state index in [1.807, 2.05) is 17.9 Å². The maximum Gasteiger partial charge on any atom is 0.416 e. The number of hydrogen-bond acceptors (Lipinski definition) is 8. The molecule has 2 heterocycles. The topological polar surface area (TPSA) is 118 Å². The number of nitrogens with one attached hydrogen (secondary N) is 2. The molecule has 248 valence electrons. The number of aliphatic hydroxyl groups is 1. The predicted molar refractivity (Wildman–Crippen MR) is 163 cm³/mol. The summed E-state index contributed by atoms with van der Waals surface area (Å²) in [5, 5.41) is 13.6. The van der Waals surface area contributed by atoms with Gasteiger partial charge >= 0.3 is 6.18 Å². The van der Waals surface area contributed by atoms with Crippen molar-refractivity contribution in [1.82, 2.24) is 25.1 Å². The zero-order valence-electron chi connectivity index (χ0n) is 25.8. The summed E-state index contributed by atoms with van der Waals surface area (Å²) < 4.78 is 44.4. The lowest BCUT2D eigenvalue weighted by atomic mass is 10.1. The molecular formula is C30H40ClF3N6O5. The molecule has 11 nitrogen and oxygen atoms in total. The first kappa shape index (κ1) is 35.7. The van der Waals surface area contributed by atoms with Gasteiger partial charge in [-0.25, -0.2) is 0 Å². The highest BCUT2D eigenvalue weighted by molar-refractivity contribution is 6.33. The number of nitrogens with zero attached hydrogens (tertiary/aromatic N) is 4. The highest BCUT2D eigenvalue weighted by Crippen LogP contribution is 2.33. The third-order valence-electron chi connectivity index (χ3n) is 7.45. The number of alkyl halides is 3. The minimum atomic E-state index is -4.59. The standard InChI is InChI=1S/C30H40ClF3N6O5/c1-6-24(36-38(5)19(2)21-9-15-45-16-10-21)27(39-11-13-40(14-12-39)28(43)20(3)41)29(44)37(4)18-26(42)35-25-8-7-22(17-23(25)31)30(32,33)34/h7-9,17,20,36,41H,2,6,10-16,18H2,1,3-5H3,(H,35,42)/b27-24+. The van der Waals surface area contributed by atoms with Crippen molar-refractivity contribution in [3.63, 3.8) is 0 Å². The van der Waals surface area contributed by atoms with Crippen LogP contribution in [-0.4, -0.2) is 109 Å². The molecule has 3 amide bonds. The van der Waals surface area contributed by atoms with Crippen molar-refractivity contribution in [3.8, 4) is 0 Å². The van der Waals surface area contributed by atoms with Crippen molar-refractivity contribution in [2.75, 3.05) is 65.3 Å². The van der Waals surface area contributed by atoms with Gasteiger partial charge in [0.2, 0.25) is 5.91 Å². The molecule has 0 bridgehead atoms. The number of piperazine rings is 1. The number of carbonyl (C=O) groups is 3. The van der Waals surface area contributed by atoms with Crippen LogP contribution >= 0.6 is 11.6 Å². The largest absolute Gasteiger partial charge is 0.416 e. The Morgan fingerprint density at radius 3 is 2.33 bits per heavy atom. The van der Waals surface area contributed by atoms with Crippen LogP contribution in [0.2, 0.25) is 5.02 Å². The number of halogens is 4. The molecule has 3 rings (SSSR count). The van der Waals surface area contributed by atoms with Gasteiger partial charge in [-0.3, -0.25) is 19.4 Å². The van der Waals surface area contributed by atoms with Crippen LogP contribution in [0.4, 0.5) is 18.9 Å². The van der Waals surface area contributed by atoms with Crippen LogP contribution in [-0.2, 0) is 25.3 Å². The van der Waals surface area contributed by atoms with E-state index in [-0.39, 0.29) is 29.5 Å². The van der Waals surface area contributed by atoms with E-state index in [0.29, 0.717) is 50.5 Å². The van der Waals surface area contributed by atoms with Crippen LogP contribution < -0.4 is 10.7 Å². The van der Waals surface area contributed by atoms with Gasteiger partial charge in [0.05, 0.1) is 47.4 Å². The molecular weight excluding hydrogens is 617 g/mol. The summed E-state index contributed by atoms with van der Waals surface area (Å²) in [6.07, 6.45) is -2.72. The Morgan fingerprint density at radius 2 is 1.80 bits per heavy atom. The van der Waals surface area contributed by atoms with Crippen LogP contribution in [0.15, 0.2) is 53.5 Å². The summed E-state index contributed by atoms with van der Waals surface area (Å²) in [5.41, 5.74) is 4.83. The Kier molecular flexibility index (Phi) is 12.3. The predicted octanol–water partition coefficient (Wildman–Crippen LogP) is 3.20. The van der Waals surface area contributed by atoms with Gasteiger partial charge in [-0.1, -0.05) is 31.2 Å².